The van der Waals surface area contributed by atoms with Gasteiger partial charge in [-0.05, 0) is 65.4 Å². The molecule has 3 nitrogen and oxygen atoms in total. The molecule has 0 spiro atoms. The van der Waals surface area contributed by atoms with Crippen LogP contribution in [0.5, 0.6) is 5.75 Å². The van der Waals surface area contributed by atoms with Crippen LogP contribution in [0.4, 0.5) is 13.2 Å². The highest BCUT2D eigenvalue weighted by atomic mass is 19.4. The van der Waals surface area contributed by atoms with E-state index in [4.69, 9.17) is 10.5 Å². The molecule has 0 saturated heterocycles. The highest BCUT2D eigenvalue weighted by Crippen LogP contribution is 2.33. The van der Waals surface area contributed by atoms with Crippen molar-refractivity contribution in [2.75, 3.05) is 0 Å². The molecule has 2 N–H and O–H groups in total. The van der Waals surface area contributed by atoms with Gasteiger partial charge in [0.2, 0.25) is 5.91 Å². The number of carbonyl (C=O) groups is 1. The van der Waals surface area contributed by atoms with Gasteiger partial charge in [-0.2, -0.15) is 13.2 Å². The highest BCUT2D eigenvalue weighted by molar-refractivity contribution is 5.92. The van der Waals surface area contributed by atoms with Crippen LogP contribution in [-0.4, -0.2) is 5.91 Å². The van der Waals surface area contributed by atoms with E-state index >= 15 is 0 Å². The van der Waals surface area contributed by atoms with Crippen molar-refractivity contribution >= 4 is 5.91 Å². The molecule has 0 heterocycles. The summed E-state index contributed by atoms with van der Waals surface area (Å²) in [4.78, 5) is 11.3. The molecular formula is C25H24F3NO2. The van der Waals surface area contributed by atoms with Crippen molar-refractivity contribution in [2.45, 2.75) is 32.5 Å². The van der Waals surface area contributed by atoms with Crippen molar-refractivity contribution < 1.29 is 22.7 Å². The molecule has 0 radical (unpaired) electrons. The maximum absolute atomic E-state index is 12.8. The lowest BCUT2D eigenvalue weighted by Crippen LogP contribution is -2.13. The molecule has 31 heavy (non-hydrogen) atoms. The smallest absolute Gasteiger partial charge is 0.416 e. The first kappa shape index (κ1) is 22.4. The number of nitrogens with two attached hydrogens (primary N) is 1. The van der Waals surface area contributed by atoms with Crippen LogP contribution in [0.1, 0.15) is 47.9 Å². The lowest BCUT2D eigenvalue weighted by atomic mass is 9.98. The fourth-order valence-corrected chi connectivity index (χ4v) is 3.31. The van der Waals surface area contributed by atoms with Gasteiger partial charge in [-0.25, -0.2) is 0 Å². The second kappa shape index (κ2) is 9.25. The van der Waals surface area contributed by atoms with Crippen LogP contribution in [-0.2, 0) is 6.18 Å². The minimum atomic E-state index is -4.36. The fraction of sp³-hybridized carbons (Fsp3) is 0.240. The van der Waals surface area contributed by atoms with Crippen molar-refractivity contribution in [2.24, 2.45) is 11.7 Å². The lowest BCUT2D eigenvalue weighted by molar-refractivity contribution is -0.137. The predicted molar refractivity (Wildman–Crippen MR) is 115 cm³/mol. The number of hydrogen-bond donors (Lipinski definition) is 1. The highest BCUT2D eigenvalue weighted by Gasteiger charge is 2.30. The Morgan fingerprint density at radius 2 is 1.58 bits per heavy atom. The standard InChI is InChI=1S/C25H24F3NO2/c1-16(2)14-23(18-6-8-19(9-7-18)24(29)30)31-22-5-3-4-20(15-22)17-10-12-21(13-11-17)25(26,27)28/h3-13,15-16,23H,14H2,1-2H3,(H2,29,30). The van der Waals surface area contributed by atoms with Gasteiger partial charge in [0.05, 0.1) is 5.56 Å². The Kier molecular flexibility index (Phi) is 6.68. The normalized spacial score (nSPS) is 12.6. The Labute approximate surface area is 179 Å². The predicted octanol–water partition coefficient (Wildman–Crippen LogP) is 6.64. The van der Waals surface area contributed by atoms with Crippen molar-refractivity contribution in [3.63, 3.8) is 0 Å². The zero-order chi connectivity index (χ0) is 22.6. The van der Waals surface area contributed by atoms with Crippen LogP contribution in [0.25, 0.3) is 11.1 Å². The molecule has 1 amide bonds. The van der Waals surface area contributed by atoms with Gasteiger partial charge in [-0.15, -0.1) is 0 Å². The third-order valence-corrected chi connectivity index (χ3v) is 4.91. The van der Waals surface area contributed by atoms with Gasteiger partial charge < -0.3 is 10.5 Å². The molecule has 0 aliphatic heterocycles. The van der Waals surface area contributed by atoms with Gasteiger partial charge in [-0.3, -0.25) is 4.79 Å². The van der Waals surface area contributed by atoms with E-state index in [-0.39, 0.29) is 6.10 Å². The second-order valence-corrected chi connectivity index (χ2v) is 7.83. The minimum absolute atomic E-state index is 0.246. The maximum atomic E-state index is 12.8. The van der Waals surface area contributed by atoms with Crippen LogP contribution < -0.4 is 10.5 Å². The number of primary amides is 1. The molecular weight excluding hydrogens is 403 g/mol. The van der Waals surface area contributed by atoms with Gasteiger partial charge in [0, 0.05) is 5.56 Å². The average molecular weight is 427 g/mol. The van der Waals surface area contributed by atoms with Crippen molar-refractivity contribution in [1.29, 1.82) is 0 Å². The summed E-state index contributed by atoms with van der Waals surface area (Å²) in [6, 6.07) is 19.3. The Morgan fingerprint density at radius 3 is 2.13 bits per heavy atom. The van der Waals surface area contributed by atoms with Crippen molar-refractivity contribution in [1.82, 2.24) is 0 Å². The van der Waals surface area contributed by atoms with Gasteiger partial charge in [0.25, 0.3) is 0 Å². The Morgan fingerprint density at radius 1 is 0.935 bits per heavy atom. The van der Waals surface area contributed by atoms with Crippen molar-refractivity contribution in [3.8, 4) is 16.9 Å². The summed E-state index contributed by atoms with van der Waals surface area (Å²) < 4.78 is 44.7. The third kappa shape index (κ3) is 5.87. The Hall–Kier alpha value is -3.28. The minimum Gasteiger partial charge on any atom is -0.486 e. The van der Waals surface area contributed by atoms with Crippen LogP contribution in [0.15, 0.2) is 72.8 Å². The summed E-state index contributed by atoms with van der Waals surface area (Å²) in [6.07, 6.45) is -3.86. The topological polar surface area (TPSA) is 52.3 Å². The number of amides is 1. The SMILES string of the molecule is CC(C)CC(Oc1cccc(-c2ccc(C(F)(F)F)cc2)c1)c1ccc(C(N)=O)cc1. The number of benzene rings is 3. The first-order valence-electron chi connectivity index (χ1n) is 9.97. The molecule has 0 bridgehead atoms. The molecule has 3 rings (SSSR count). The van der Waals surface area contributed by atoms with E-state index in [9.17, 15) is 18.0 Å². The largest absolute Gasteiger partial charge is 0.486 e. The first-order chi connectivity index (χ1) is 14.6. The van der Waals surface area contributed by atoms with E-state index in [0.29, 0.717) is 22.8 Å². The number of halogens is 3. The number of hydrogen-bond acceptors (Lipinski definition) is 2. The number of ether oxygens (including phenoxy) is 1. The summed E-state index contributed by atoms with van der Waals surface area (Å²) in [6.45, 7) is 4.18. The summed E-state index contributed by atoms with van der Waals surface area (Å²) in [7, 11) is 0. The van der Waals surface area contributed by atoms with E-state index in [1.165, 1.54) is 12.1 Å². The zero-order valence-corrected chi connectivity index (χ0v) is 17.3. The lowest BCUT2D eigenvalue weighted by Gasteiger charge is -2.22. The van der Waals surface area contributed by atoms with Gasteiger partial charge in [0.1, 0.15) is 11.9 Å². The average Bonchev–Trinajstić information content (AvgIpc) is 2.73. The summed E-state index contributed by atoms with van der Waals surface area (Å²) in [5.41, 5.74) is 7.41. The Balaban J connectivity index is 1.84. The fourth-order valence-electron chi connectivity index (χ4n) is 3.31. The molecule has 162 valence electrons. The van der Waals surface area contributed by atoms with Crippen LogP contribution in [0.3, 0.4) is 0 Å². The molecule has 0 aliphatic rings. The van der Waals surface area contributed by atoms with Gasteiger partial charge in [-0.1, -0.05) is 50.2 Å². The molecule has 0 aromatic heterocycles. The van der Waals surface area contributed by atoms with Gasteiger partial charge in [0.15, 0.2) is 0 Å². The molecule has 3 aromatic rings. The summed E-state index contributed by atoms with van der Waals surface area (Å²) in [5, 5.41) is 0. The first-order valence-corrected chi connectivity index (χ1v) is 9.97. The zero-order valence-electron chi connectivity index (χ0n) is 17.3. The molecule has 6 heteroatoms. The molecule has 0 aliphatic carbocycles. The second-order valence-electron chi connectivity index (χ2n) is 7.83. The van der Waals surface area contributed by atoms with E-state index < -0.39 is 17.6 Å². The molecule has 1 unspecified atom stereocenters. The maximum Gasteiger partial charge on any atom is 0.416 e. The molecule has 1 atom stereocenters. The Bertz CT molecular complexity index is 1030. The summed E-state index contributed by atoms with van der Waals surface area (Å²) >= 11 is 0. The van der Waals surface area contributed by atoms with E-state index in [1.54, 1.807) is 12.1 Å². The number of rotatable bonds is 7. The van der Waals surface area contributed by atoms with E-state index in [0.717, 1.165) is 29.7 Å². The quantitative estimate of drug-likeness (QED) is 0.460. The number of alkyl halides is 3. The summed E-state index contributed by atoms with van der Waals surface area (Å²) in [5.74, 6) is 0.484. The molecule has 0 fully saturated rings. The van der Waals surface area contributed by atoms with E-state index in [2.05, 4.69) is 13.8 Å². The van der Waals surface area contributed by atoms with Crippen LogP contribution >= 0.6 is 0 Å². The van der Waals surface area contributed by atoms with Crippen LogP contribution in [0.2, 0.25) is 0 Å². The van der Waals surface area contributed by atoms with Gasteiger partial charge >= 0.3 is 6.18 Å². The molecule has 0 saturated carbocycles. The van der Waals surface area contributed by atoms with Crippen molar-refractivity contribution in [3.05, 3.63) is 89.5 Å². The number of carbonyl (C=O) groups excluding carboxylic acids is 1. The monoisotopic (exact) mass is 427 g/mol. The third-order valence-electron chi connectivity index (χ3n) is 4.91. The van der Waals surface area contributed by atoms with E-state index in [1.807, 2.05) is 36.4 Å². The molecule has 3 aromatic carbocycles. The van der Waals surface area contributed by atoms with Crippen LogP contribution in [0, 0.1) is 5.92 Å².